The van der Waals surface area contributed by atoms with Gasteiger partial charge in [0.15, 0.2) is 5.82 Å². The lowest BCUT2D eigenvalue weighted by Crippen LogP contribution is -2.00. The zero-order chi connectivity index (χ0) is 14.1. The third-order valence-corrected chi connectivity index (χ3v) is 3.39. The molecule has 3 rings (SSSR count). The van der Waals surface area contributed by atoms with E-state index in [1.807, 2.05) is 18.2 Å². The van der Waals surface area contributed by atoms with Crippen LogP contribution in [0.3, 0.4) is 0 Å². The van der Waals surface area contributed by atoms with E-state index in [4.69, 9.17) is 28.9 Å². The van der Waals surface area contributed by atoms with Crippen molar-refractivity contribution in [3.63, 3.8) is 0 Å². The summed E-state index contributed by atoms with van der Waals surface area (Å²) in [6.07, 6.45) is 0. The monoisotopic (exact) mass is 305 g/mol. The summed E-state index contributed by atoms with van der Waals surface area (Å²) >= 11 is 11.8. The normalized spacial score (nSPS) is 10.7. The zero-order valence-electron chi connectivity index (χ0n) is 10.2. The molecule has 3 aromatic rings. The molecule has 0 saturated carbocycles. The Kier molecular flexibility index (Phi) is 3.30. The molecular formula is C13H9Cl2N5. The van der Waals surface area contributed by atoms with Gasteiger partial charge in [0, 0.05) is 10.6 Å². The van der Waals surface area contributed by atoms with E-state index in [1.54, 1.807) is 28.9 Å². The first kappa shape index (κ1) is 12.9. The van der Waals surface area contributed by atoms with Crippen LogP contribution in [0.1, 0.15) is 0 Å². The van der Waals surface area contributed by atoms with E-state index < -0.39 is 0 Å². The SMILES string of the molecule is Nc1cc(-c2nnnn2-c2ccc(Cl)cc2)ccc1Cl. The molecular weight excluding hydrogens is 297 g/mol. The molecule has 7 heteroatoms. The molecule has 0 fully saturated rings. The van der Waals surface area contributed by atoms with E-state index in [-0.39, 0.29) is 0 Å². The molecule has 2 aromatic carbocycles. The fraction of sp³-hybridized carbons (Fsp3) is 0. The Labute approximate surface area is 124 Å². The minimum atomic E-state index is 0.481. The molecule has 5 nitrogen and oxygen atoms in total. The molecule has 20 heavy (non-hydrogen) atoms. The molecule has 1 heterocycles. The molecule has 0 unspecified atom stereocenters. The van der Waals surface area contributed by atoms with Crippen molar-refractivity contribution < 1.29 is 0 Å². The lowest BCUT2D eigenvalue weighted by atomic mass is 10.2. The van der Waals surface area contributed by atoms with Crippen molar-refractivity contribution in [3.8, 4) is 17.1 Å². The average molecular weight is 306 g/mol. The Morgan fingerprint density at radius 3 is 2.45 bits per heavy atom. The van der Waals surface area contributed by atoms with E-state index >= 15 is 0 Å². The standard InChI is InChI=1S/C13H9Cl2N5/c14-9-2-4-10(5-3-9)20-13(17-18-19-20)8-1-6-11(15)12(16)7-8/h1-7H,16H2. The average Bonchev–Trinajstić information content (AvgIpc) is 2.92. The number of rotatable bonds is 2. The van der Waals surface area contributed by atoms with E-state index in [9.17, 15) is 0 Å². The number of nitrogen functional groups attached to an aromatic ring is 1. The number of halogens is 2. The highest BCUT2D eigenvalue weighted by atomic mass is 35.5. The second kappa shape index (κ2) is 5.11. The predicted octanol–water partition coefficient (Wildman–Crippen LogP) is 3.22. The van der Waals surface area contributed by atoms with Crippen LogP contribution in [0.5, 0.6) is 0 Å². The van der Waals surface area contributed by atoms with Crippen LogP contribution in [-0.2, 0) is 0 Å². The Balaban J connectivity index is 2.10. The Morgan fingerprint density at radius 2 is 1.75 bits per heavy atom. The van der Waals surface area contributed by atoms with Crippen LogP contribution in [0, 0.1) is 0 Å². The maximum Gasteiger partial charge on any atom is 0.187 e. The highest BCUT2D eigenvalue weighted by Gasteiger charge is 2.11. The van der Waals surface area contributed by atoms with Gasteiger partial charge in [-0.15, -0.1) is 5.10 Å². The Hall–Kier alpha value is -2.11. The molecule has 0 amide bonds. The lowest BCUT2D eigenvalue weighted by Gasteiger charge is -2.06. The van der Waals surface area contributed by atoms with Gasteiger partial charge in [0.25, 0.3) is 0 Å². The second-order valence-corrected chi connectivity index (χ2v) is 4.97. The summed E-state index contributed by atoms with van der Waals surface area (Å²) in [4.78, 5) is 0. The van der Waals surface area contributed by atoms with Crippen molar-refractivity contribution in [2.24, 2.45) is 0 Å². The Bertz CT molecular complexity index is 752. The van der Waals surface area contributed by atoms with E-state index in [0.717, 1.165) is 11.3 Å². The van der Waals surface area contributed by atoms with Crippen LogP contribution >= 0.6 is 23.2 Å². The van der Waals surface area contributed by atoms with Crippen LogP contribution in [0.2, 0.25) is 10.0 Å². The summed E-state index contributed by atoms with van der Waals surface area (Å²) in [5, 5.41) is 12.9. The lowest BCUT2D eigenvalue weighted by molar-refractivity contribution is 0.791. The molecule has 2 N–H and O–H groups in total. The zero-order valence-corrected chi connectivity index (χ0v) is 11.7. The second-order valence-electron chi connectivity index (χ2n) is 4.13. The third kappa shape index (κ3) is 2.33. The summed E-state index contributed by atoms with van der Waals surface area (Å²) in [6, 6.07) is 12.5. The highest BCUT2D eigenvalue weighted by Crippen LogP contribution is 2.26. The summed E-state index contributed by atoms with van der Waals surface area (Å²) in [5.74, 6) is 0.579. The van der Waals surface area contributed by atoms with Gasteiger partial charge in [0.2, 0.25) is 0 Å². The van der Waals surface area contributed by atoms with Gasteiger partial charge in [-0.25, -0.2) is 0 Å². The number of nitrogens with zero attached hydrogens (tertiary/aromatic N) is 4. The minimum absolute atomic E-state index is 0.481. The fourth-order valence-electron chi connectivity index (χ4n) is 1.81. The summed E-state index contributed by atoms with van der Waals surface area (Å²) in [6.45, 7) is 0. The number of tetrazole rings is 1. The van der Waals surface area contributed by atoms with Gasteiger partial charge in [0.05, 0.1) is 16.4 Å². The minimum Gasteiger partial charge on any atom is -0.398 e. The molecule has 0 spiro atoms. The topological polar surface area (TPSA) is 69.6 Å². The van der Waals surface area contributed by atoms with Crippen LogP contribution < -0.4 is 5.73 Å². The highest BCUT2D eigenvalue weighted by molar-refractivity contribution is 6.33. The van der Waals surface area contributed by atoms with Crippen molar-refractivity contribution in [1.82, 2.24) is 20.2 Å². The van der Waals surface area contributed by atoms with E-state index in [2.05, 4.69) is 15.5 Å². The van der Waals surface area contributed by atoms with Crippen LogP contribution in [0.4, 0.5) is 5.69 Å². The number of anilines is 1. The van der Waals surface area contributed by atoms with Crippen molar-refractivity contribution >= 4 is 28.9 Å². The first-order valence-corrected chi connectivity index (χ1v) is 6.50. The quantitative estimate of drug-likeness (QED) is 0.738. The van der Waals surface area contributed by atoms with E-state index in [0.29, 0.717) is 21.6 Å². The summed E-state index contributed by atoms with van der Waals surface area (Å²) in [7, 11) is 0. The van der Waals surface area contributed by atoms with Crippen LogP contribution in [0.15, 0.2) is 42.5 Å². The molecule has 0 aliphatic carbocycles. The van der Waals surface area contributed by atoms with Crippen LogP contribution in [0.25, 0.3) is 17.1 Å². The van der Waals surface area contributed by atoms with Crippen molar-refractivity contribution in [1.29, 1.82) is 0 Å². The van der Waals surface area contributed by atoms with Gasteiger partial charge in [-0.2, -0.15) is 4.68 Å². The molecule has 0 radical (unpaired) electrons. The van der Waals surface area contributed by atoms with E-state index in [1.165, 1.54) is 0 Å². The number of hydrogen-bond acceptors (Lipinski definition) is 4. The molecule has 0 saturated heterocycles. The predicted molar refractivity (Wildman–Crippen MR) is 79.0 cm³/mol. The third-order valence-electron chi connectivity index (χ3n) is 2.79. The fourth-order valence-corrected chi connectivity index (χ4v) is 2.05. The molecule has 0 aliphatic heterocycles. The van der Waals surface area contributed by atoms with Crippen molar-refractivity contribution in [2.75, 3.05) is 5.73 Å². The largest absolute Gasteiger partial charge is 0.398 e. The van der Waals surface area contributed by atoms with Gasteiger partial charge in [0.1, 0.15) is 0 Å². The smallest absolute Gasteiger partial charge is 0.187 e. The van der Waals surface area contributed by atoms with Gasteiger partial charge in [-0.1, -0.05) is 23.2 Å². The first-order valence-electron chi connectivity index (χ1n) is 5.75. The maximum absolute atomic E-state index is 5.92. The summed E-state index contributed by atoms with van der Waals surface area (Å²) in [5.41, 5.74) is 7.88. The van der Waals surface area contributed by atoms with Gasteiger partial charge in [-0.05, 0) is 52.9 Å². The Morgan fingerprint density at radius 1 is 1.00 bits per heavy atom. The molecule has 0 bridgehead atoms. The van der Waals surface area contributed by atoms with Gasteiger partial charge < -0.3 is 5.73 Å². The molecule has 0 atom stereocenters. The first-order chi connectivity index (χ1) is 9.65. The van der Waals surface area contributed by atoms with Gasteiger partial charge >= 0.3 is 0 Å². The number of benzene rings is 2. The molecule has 100 valence electrons. The van der Waals surface area contributed by atoms with Crippen molar-refractivity contribution in [2.45, 2.75) is 0 Å². The number of hydrogen-bond donors (Lipinski definition) is 1. The van der Waals surface area contributed by atoms with Crippen molar-refractivity contribution in [3.05, 3.63) is 52.5 Å². The maximum atomic E-state index is 5.92. The summed E-state index contributed by atoms with van der Waals surface area (Å²) < 4.78 is 1.61. The number of aromatic nitrogens is 4. The van der Waals surface area contributed by atoms with Crippen LogP contribution in [-0.4, -0.2) is 20.2 Å². The number of nitrogens with two attached hydrogens (primary N) is 1. The molecule has 1 aromatic heterocycles. The van der Waals surface area contributed by atoms with Gasteiger partial charge in [-0.3, -0.25) is 0 Å². The molecule has 0 aliphatic rings.